The summed E-state index contributed by atoms with van der Waals surface area (Å²) >= 11 is 0. The molecule has 0 saturated heterocycles. The maximum atomic E-state index is 12.3. The average Bonchev–Trinajstić information content (AvgIpc) is 2.55. The Morgan fingerprint density at radius 2 is 1.85 bits per heavy atom. The normalized spacial score (nSPS) is 12.2. The molecule has 0 aliphatic rings. The van der Waals surface area contributed by atoms with Gasteiger partial charge >= 0.3 is 5.97 Å². The topological polar surface area (TPSA) is 177 Å². The Morgan fingerprint density at radius 1 is 1.19 bits per heavy atom. The molecular formula is C15H23N5O5S. The fraction of sp³-hybridized carbons (Fsp3) is 0.400. The first-order valence-corrected chi connectivity index (χ1v) is 9.43. The quantitative estimate of drug-likeness (QED) is 0.179. The molecule has 1 amide bonds. The van der Waals surface area contributed by atoms with Crippen LogP contribution >= 0.6 is 0 Å². The van der Waals surface area contributed by atoms with E-state index in [0.29, 0.717) is 12.0 Å². The van der Waals surface area contributed by atoms with Gasteiger partial charge in [0.15, 0.2) is 5.96 Å². The molecule has 0 fully saturated rings. The molecular weight excluding hydrogens is 362 g/mol. The lowest BCUT2D eigenvalue weighted by atomic mass is 10.1. The first kappa shape index (κ1) is 21.4. The minimum atomic E-state index is -3.81. The lowest BCUT2D eigenvalue weighted by Crippen LogP contribution is -2.48. The Morgan fingerprint density at radius 3 is 2.42 bits per heavy atom. The lowest BCUT2D eigenvalue weighted by Gasteiger charge is -2.18. The molecule has 11 heteroatoms. The van der Waals surface area contributed by atoms with Crippen LogP contribution < -0.4 is 21.5 Å². The molecule has 0 spiro atoms. The molecule has 0 saturated carbocycles. The zero-order chi connectivity index (χ0) is 19.6. The molecule has 0 unspecified atom stereocenters. The summed E-state index contributed by atoms with van der Waals surface area (Å²) in [6.07, 6.45) is 0.438. The number of hydrogen-bond acceptors (Lipinski definition) is 5. The number of guanidine groups is 1. The second kappa shape index (κ2) is 10.4. The van der Waals surface area contributed by atoms with Gasteiger partial charge in [0.05, 0.1) is 5.75 Å². The van der Waals surface area contributed by atoms with Crippen LogP contribution in [0.2, 0.25) is 0 Å². The van der Waals surface area contributed by atoms with Crippen molar-refractivity contribution in [1.82, 2.24) is 10.0 Å². The monoisotopic (exact) mass is 385 g/mol. The summed E-state index contributed by atoms with van der Waals surface area (Å²) in [6.45, 7) is -0.394. The lowest BCUT2D eigenvalue weighted by molar-refractivity contribution is -0.138. The molecule has 1 rings (SSSR count). The molecule has 0 radical (unpaired) electrons. The second-order valence-corrected chi connectivity index (χ2v) is 7.23. The van der Waals surface area contributed by atoms with Crippen LogP contribution in [0.15, 0.2) is 35.3 Å². The number of aliphatic carboxylic acids is 1. The van der Waals surface area contributed by atoms with E-state index in [0.717, 1.165) is 0 Å². The highest BCUT2D eigenvalue weighted by molar-refractivity contribution is 7.88. The van der Waals surface area contributed by atoms with Gasteiger partial charge in [-0.15, -0.1) is 0 Å². The molecule has 1 aromatic rings. The Labute approximate surface area is 151 Å². The number of aliphatic imine (C=N–C) groups is 1. The number of carbonyl (C=O) groups is 2. The van der Waals surface area contributed by atoms with Crippen molar-refractivity contribution < 1.29 is 23.1 Å². The van der Waals surface area contributed by atoms with Crippen LogP contribution in [0.4, 0.5) is 0 Å². The summed E-state index contributed by atoms with van der Waals surface area (Å²) in [5, 5.41) is 10.8. The van der Waals surface area contributed by atoms with Gasteiger partial charge in [0.2, 0.25) is 15.9 Å². The van der Waals surface area contributed by atoms with Crippen molar-refractivity contribution in [1.29, 1.82) is 0 Å². The number of nitrogens with zero attached hydrogens (tertiary/aromatic N) is 1. The summed E-state index contributed by atoms with van der Waals surface area (Å²) in [7, 11) is -3.81. The first-order valence-electron chi connectivity index (χ1n) is 7.78. The van der Waals surface area contributed by atoms with E-state index in [2.05, 4.69) is 15.0 Å². The van der Waals surface area contributed by atoms with Gasteiger partial charge in [-0.3, -0.25) is 14.6 Å². The molecule has 0 aliphatic carbocycles. The Hall–Kier alpha value is -2.66. The molecule has 0 aromatic heterocycles. The number of carboxylic acids is 1. The van der Waals surface area contributed by atoms with E-state index in [9.17, 15) is 18.0 Å². The van der Waals surface area contributed by atoms with E-state index in [1.54, 1.807) is 30.3 Å². The number of carbonyl (C=O) groups excluding carboxylic acids is 1. The van der Waals surface area contributed by atoms with Crippen molar-refractivity contribution in [3.8, 4) is 0 Å². The fourth-order valence-corrected chi connectivity index (χ4v) is 3.46. The predicted molar refractivity (Wildman–Crippen MR) is 96.5 cm³/mol. The third kappa shape index (κ3) is 8.99. The van der Waals surface area contributed by atoms with E-state index in [-0.39, 0.29) is 24.7 Å². The number of amides is 1. The smallest absolute Gasteiger partial charge is 0.322 e. The van der Waals surface area contributed by atoms with Gasteiger partial charge in [-0.25, -0.2) is 13.1 Å². The molecule has 1 atom stereocenters. The van der Waals surface area contributed by atoms with Crippen molar-refractivity contribution >= 4 is 27.9 Å². The minimum absolute atomic E-state index is 0.107. The molecule has 0 heterocycles. The van der Waals surface area contributed by atoms with Crippen molar-refractivity contribution in [3.63, 3.8) is 0 Å². The zero-order valence-corrected chi connectivity index (χ0v) is 14.9. The van der Waals surface area contributed by atoms with E-state index in [1.807, 2.05) is 0 Å². The molecule has 0 aliphatic heterocycles. The van der Waals surface area contributed by atoms with E-state index >= 15 is 0 Å². The van der Waals surface area contributed by atoms with Crippen LogP contribution in [-0.4, -0.2) is 50.5 Å². The highest BCUT2D eigenvalue weighted by atomic mass is 32.2. The maximum absolute atomic E-state index is 12.3. The summed E-state index contributed by atoms with van der Waals surface area (Å²) in [5.74, 6) is -2.37. The fourth-order valence-electron chi connectivity index (χ4n) is 2.09. The van der Waals surface area contributed by atoms with Crippen molar-refractivity contribution in [3.05, 3.63) is 35.9 Å². The predicted octanol–water partition coefficient (Wildman–Crippen LogP) is -1.27. The standard InChI is InChI=1S/C15H23N5O5S/c16-15(17)18-8-4-7-12(14(23)19-9-13(21)22)20-26(24,25)10-11-5-2-1-3-6-11/h1-3,5-6,12,20H,4,7-10H2,(H,19,23)(H,21,22)(H4,16,17,18)/t12-/m1/s1. The van der Waals surface area contributed by atoms with Crippen molar-refractivity contribution in [2.24, 2.45) is 16.5 Å². The van der Waals surface area contributed by atoms with Crippen molar-refractivity contribution in [2.75, 3.05) is 13.1 Å². The van der Waals surface area contributed by atoms with Crippen molar-refractivity contribution in [2.45, 2.75) is 24.6 Å². The van der Waals surface area contributed by atoms with Crippen LogP contribution in [0.1, 0.15) is 18.4 Å². The number of hydrogen-bond donors (Lipinski definition) is 5. The Balaban J connectivity index is 2.76. The summed E-state index contributed by atoms with van der Waals surface area (Å²) in [5.41, 5.74) is 11.0. The third-order valence-electron chi connectivity index (χ3n) is 3.20. The number of nitrogens with two attached hydrogens (primary N) is 2. The van der Waals surface area contributed by atoms with Gasteiger partial charge in [0.25, 0.3) is 0 Å². The van der Waals surface area contributed by atoms with Gasteiger partial charge in [-0.2, -0.15) is 0 Å². The summed E-state index contributed by atoms with van der Waals surface area (Å²) in [6, 6.07) is 7.34. The third-order valence-corrected chi connectivity index (χ3v) is 4.55. The highest BCUT2D eigenvalue weighted by Gasteiger charge is 2.24. The van der Waals surface area contributed by atoms with E-state index in [4.69, 9.17) is 16.6 Å². The van der Waals surface area contributed by atoms with Crippen LogP contribution in [0.5, 0.6) is 0 Å². The number of sulfonamides is 1. The van der Waals surface area contributed by atoms with Gasteiger partial charge in [-0.1, -0.05) is 30.3 Å². The van der Waals surface area contributed by atoms with E-state index in [1.165, 1.54) is 0 Å². The maximum Gasteiger partial charge on any atom is 0.322 e. The molecule has 7 N–H and O–H groups in total. The number of rotatable bonds is 11. The number of nitrogens with one attached hydrogen (secondary N) is 2. The van der Waals surface area contributed by atoms with Crippen LogP contribution in [0.25, 0.3) is 0 Å². The van der Waals surface area contributed by atoms with Crippen LogP contribution in [0.3, 0.4) is 0 Å². The molecule has 1 aromatic carbocycles. The van der Waals surface area contributed by atoms with Gasteiger partial charge < -0.3 is 21.9 Å². The molecule has 26 heavy (non-hydrogen) atoms. The van der Waals surface area contributed by atoms with Gasteiger partial charge in [0.1, 0.15) is 12.6 Å². The Kier molecular flexibility index (Phi) is 8.52. The second-order valence-electron chi connectivity index (χ2n) is 5.48. The summed E-state index contributed by atoms with van der Waals surface area (Å²) < 4.78 is 26.9. The van der Waals surface area contributed by atoms with Gasteiger partial charge in [-0.05, 0) is 18.4 Å². The van der Waals surface area contributed by atoms with Gasteiger partial charge in [0, 0.05) is 6.54 Å². The number of carboxylic acid groups (broad SMARTS) is 1. The zero-order valence-electron chi connectivity index (χ0n) is 14.1. The molecule has 144 valence electrons. The van der Waals surface area contributed by atoms with Crippen LogP contribution in [-0.2, 0) is 25.4 Å². The minimum Gasteiger partial charge on any atom is -0.480 e. The first-order chi connectivity index (χ1) is 12.2. The van der Waals surface area contributed by atoms with E-state index < -0.39 is 34.5 Å². The highest BCUT2D eigenvalue weighted by Crippen LogP contribution is 2.07. The number of benzene rings is 1. The average molecular weight is 385 g/mol. The van der Waals surface area contributed by atoms with Crippen LogP contribution in [0, 0.1) is 0 Å². The Bertz CT molecular complexity index is 732. The summed E-state index contributed by atoms with van der Waals surface area (Å²) in [4.78, 5) is 26.5. The molecule has 10 nitrogen and oxygen atoms in total. The largest absolute Gasteiger partial charge is 0.480 e. The molecule has 0 bridgehead atoms. The SMILES string of the molecule is NC(N)=NCCC[C@@H](NS(=O)(=O)Cc1ccccc1)C(=O)NCC(=O)O.